The lowest BCUT2D eigenvalue weighted by molar-refractivity contribution is -0.274. The van der Waals surface area contributed by atoms with Crippen molar-refractivity contribution in [1.29, 1.82) is 0 Å². The van der Waals surface area contributed by atoms with Crippen LogP contribution in [0, 0.1) is 0 Å². The largest absolute Gasteiger partial charge is 0.573 e. The highest BCUT2D eigenvalue weighted by Crippen LogP contribution is 2.40. The molecule has 0 bridgehead atoms. The molecular weight excluding hydrogens is 587 g/mol. The Bertz CT molecular complexity index is 1550. The van der Waals surface area contributed by atoms with Crippen LogP contribution in [0.25, 0.3) is 17.1 Å². The van der Waals surface area contributed by atoms with Gasteiger partial charge in [0.05, 0.1) is 16.8 Å². The third-order valence-electron chi connectivity index (χ3n) is 5.62. The number of nitrogens with one attached hydrogen (secondary N) is 1. The Labute approximate surface area is 230 Å². The Balaban J connectivity index is 1.41. The van der Waals surface area contributed by atoms with Crippen molar-refractivity contribution in [1.82, 2.24) is 14.8 Å². The molecule has 7 nitrogen and oxygen atoms in total. The second kappa shape index (κ2) is 11.3. The van der Waals surface area contributed by atoms with Crippen LogP contribution >= 0.6 is 0 Å². The first-order valence-corrected chi connectivity index (χ1v) is 11.6. The van der Waals surface area contributed by atoms with Crippen molar-refractivity contribution in [2.24, 2.45) is 0 Å². The van der Waals surface area contributed by atoms with E-state index in [2.05, 4.69) is 20.1 Å². The van der Waals surface area contributed by atoms with E-state index >= 15 is 0 Å². The number of anilines is 1. The lowest BCUT2D eigenvalue weighted by Gasteiger charge is -2.20. The number of halogens is 9. The fourth-order valence-corrected chi connectivity index (χ4v) is 3.73. The molecule has 0 aliphatic rings. The van der Waals surface area contributed by atoms with Crippen LogP contribution < -0.4 is 10.1 Å². The Hall–Kier alpha value is -4.76. The van der Waals surface area contributed by atoms with Gasteiger partial charge < -0.3 is 9.47 Å². The fraction of sp³-hybridized carbons (Fsp3) is 0.192. The summed E-state index contributed by atoms with van der Waals surface area (Å²) in [6.07, 6.45) is -16.4. The van der Waals surface area contributed by atoms with Gasteiger partial charge in [-0.3, -0.25) is 5.32 Å². The zero-order chi connectivity index (χ0) is 30.9. The van der Waals surface area contributed by atoms with E-state index in [-0.39, 0.29) is 17.6 Å². The second-order valence-corrected chi connectivity index (χ2v) is 8.60. The summed E-state index contributed by atoms with van der Waals surface area (Å²) < 4.78 is 126. The van der Waals surface area contributed by atoms with E-state index in [9.17, 15) is 44.3 Å². The van der Waals surface area contributed by atoms with Crippen molar-refractivity contribution in [3.05, 3.63) is 89.7 Å². The molecule has 0 aliphatic heterocycles. The standard InChI is InChI=1S/C26H17F9N4O3/c1-14(20-11-4-16(24(27,28)29)12-21(20)25(30,31)32)41-23(40)37-17-5-2-15(3-6-17)22-36-13-39(38-22)18-7-9-19(10-8-18)42-26(33,34)35/h2-14H,1H3,(H,37,40). The number of rotatable bonds is 6. The summed E-state index contributed by atoms with van der Waals surface area (Å²) in [5.41, 5.74) is -2.72. The molecule has 0 radical (unpaired) electrons. The molecular formula is C26H17F9N4O3. The normalized spacial score (nSPS) is 13.0. The molecule has 0 saturated carbocycles. The molecule has 16 heteroatoms. The van der Waals surface area contributed by atoms with E-state index in [1.165, 1.54) is 47.4 Å². The molecule has 0 saturated heterocycles. The lowest BCUT2D eigenvalue weighted by atomic mass is 9.99. The number of alkyl halides is 9. The Morgan fingerprint density at radius 1 is 0.857 bits per heavy atom. The minimum absolute atomic E-state index is 0.0431. The van der Waals surface area contributed by atoms with Gasteiger partial charge in [0.2, 0.25) is 0 Å². The van der Waals surface area contributed by atoms with Gasteiger partial charge in [-0.1, -0.05) is 6.07 Å². The summed E-state index contributed by atoms with van der Waals surface area (Å²) >= 11 is 0. The number of carbonyl (C=O) groups excluding carboxylic acids is 1. The predicted octanol–water partition coefficient (Wildman–Crippen LogP) is 8.18. The van der Waals surface area contributed by atoms with E-state index in [1.807, 2.05) is 0 Å². The number of amides is 1. The van der Waals surface area contributed by atoms with Crippen molar-refractivity contribution in [2.75, 3.05) is 5.32 Å². The summed E-state index contributed by atoms with van der Waals surface area (Å²) in [5.74, 6) is -0.196. The van der Waals surface area contributed by atoms with Gasteiger partial charge in [0.25, 0.3) is 0 Å². The Morgan fingerprint density at radius 2 is 1.50 bits per heavy atom. The van der Waals surface area contributed by atoms with Crippen LogP contribution in [0.15, 0.2) is 73.1 Å². The molecule has 4 rings (SSSR count). The van der Waals surface area contributed by atoms with Crippen molar-refractivity contribution in [3.8, 4) is 22.8 Å². The summed E-state index contributed by atoms with van der Waals surface area (Å²) in [5, 5.41) is 6.54. The van der Waals surface area contributed by atoms with Gasteiger partial charge >= 0.3 is 24.8 Å². The second-order valence-electron chi connectivity index (χ2n) is 8.60. The maximum atomic E-state index is 13.4. The zero-order valence-corrected chi connectivity index (χ0v) is 21.0. The summed E-state index contributed by atoms with van der Waals surface area (Å²) in [6.45, 7) is 1.08. The van der Waals surface area contributed by atoms with Gasteiger partial charge in [0.15, 0.2) is 5.82 Å². The molecule has 1 aromatic heterocycles. The zero-order valence-electron chi connectivity index (χ0n) is 21.0. The molecule has 1 N–H and O–H groups in total. The molecule has 42 heavy (non-hydrogen) atoms. The van der Waals surface area contributed by atoms with Crippen LogP contribution in [0.2, 0.25) is 0 Å². The van der Waals surface area contributed by atoms with Gasteiger partial charge in [-0.05, 0) is 67.6 Å². The summed E-state index contributed by atoms with van der Waals surface area (Å²) in [7, 11) is 0. The lowest BCUT2D eigenvalue weighted by Crippen LogP contribution is -2.19. The number of aromatic nitrogens is 3. The molecule has 0 aliphatic carbocycles. The van der Waals surface area contributed by atoms with Gasteiger partial charge in [-0.15, -0.1) is 18.3 Å². The highest BCUT2D eigenvalue weighted by molar-refractivity contribution is 5.85. The number of ether oxygens (including phenoxy) is 2. The van der Waals surface area contributed by atoms with Crippen molar-refractivity contribution < 1.29 is 53.8 Å². The molecule has 1 heterocycles. The number of hydrogen-bond acceptors (Lipinski definition) is 5. The van der Waals surface area contributed by atoms with Crippen LogP contribution in [0.5, 0.6) is 5.75 Å². The number of nitrogens with zero attached hydrogens (tertiary/aromatic N) is 3. The van der Waals surface area contributed by atoms with Crippen LogP contribution in [0.3, 0.4) is 0 Å². The van der Waals surface area contributed by atoms with E-state index in [4.69, 9.17) is 4.74 Å². The highest BCUT2D eigenvalue weighted by atomic mass is 19.4. The molecule has 4 aromatic rings. The summed E-state index contributed by atoms with van der Waals surface area (Å²) in [6, 6.07) is 11.7. The third kappa shape index (κ3) is 7.50. The van der Waals surface area contributed by atoms with Gasteiger partial charge in [-0.2, -0.15) is 26.3 Å². The highest BCUT2D eigenvalue weighted by Gasteiger charge is 2.39. The first-order valence-electron chi connectivity index (χ1n) is 11.6. The van der Waals surface area contributed by atoms with Gasteiger partial charge in [0.1, 0.15) is 18.2 Å². The van der Waals surface area contributed by atoms with E-state index in [0.29, 0.717) is 23.4 Å². The topological polar surface area (TPSA) is 78.3 Å². The molecule has 1 atom stereocenters. The SMILES string of the molecule is CC(OC(=O)Nc1ccc(-c2ncn(-c3ccc(OC(F)(F)F)cc3)n2)cc1)c1ccc(C(F)(F)F)cc1C(F)(F)F. The van der Waals surface area contributed by atoms with Crippen molar-refractivity contribution >= 4 is 11.8 Å². The molecule has 1 amide bonds. The average molecular weight is 604 g/mol. The van der Waals surface area contributed by atoms with Crippen LogP contribution in [-0.2, 0) is 17.1 Å². The minimum atomic E-state index is -5.13. The van der Waals surface area contributed by atoms with E-state index in [0.717, 1.165) is 19.1 Å². The average Bonchev–Trinajstić information content (AvgIpc) is 3.37. The molecule has 1 unspecified atom stereocenters. The molecule has 0 fully saturated rings. The Morgan fingerprint density at radius 3 is 2.07 bits per heavy atom. The van der Waals surface area contributed by atoms with Crippen LogP contribution in [0.4, 0.5) is 50.0 Å². The monoisotopic (exact) mass is 604 g/mol. The number of benzene rings is 3. The van der Waals surface area contributed by atoms with Crippen LogP contribution in [0.1, 0.15) is 29.7 Å². The van der Waals surface area contributed by atoms with E-state index in [1.54, 1.807) is 0 Å². The summed E-state index contributed by atoms with van der Waals surface area (Å²) in [4.78, 5) is 16.4. The Kier molecular flexibility index (Phi) is 8.09. The maximum Gasteiger partial charge on any atom is 0.573 e. The van der Waals surface area contributed by atoms with Gasteiger partial charge in [0, 0.05) is 16.8 Å². The van der Waals surface area contributed by atoms with E-state index < -0.39 is 53.4 Å². The number of hydrogen-bond donors (Lipinski definition) is 1. The first-order chi connectivity index (χ1) is 19.5. The smallest absolute Gasteiger partial charge is 0.441 e. The van der Waals surface area contributed by atoms with Gasteiger partial charge in [-0.25, -0.2) is 14.5 Å². The third-order valence-corrected chi connectivity index (χ3v) is 5.62. The molecule has 0 spiro atoms. The van der Waals surface area contributed by atoms with Crippen molar-refractivity contribution in [3.63, 3.8) is 0 Å². The minimum Gasteiger partial charge on any atom is -0.441 e. The maximum absolute atomic E-state index is 13.4. The fourth-order valence-electron chi connectivity index (χ4n) is 3.73. The van der Waals surface area contributed by atoms with Crippen LogP contribution in [-0.4, -0.2) is 27.2 Å². The molecule has 222 valence electrons. The number of carbonyl (C=O) groups is 1. The quantitative estimate of drug-likeness (QED) is 0.225. The van der Waals surface area contributed by atoms with Crippen molar-refractivity contribution in [2.45, 2.75) is 31.7 Å². The predicted molar refractivity (Wildman–Crippen MR) is 128 cm³/mol. The first kappa shape index (κ1) is 30.2. The molecule has 3 aromatic carbocycles.